The molecule has 0 fully saturated rings. The SMILES string of the molecule is CC(C)NC(=O)CSCc1cnn(-c2ccccc2)c1-n1cccc1. The Kier molecular flexibility index (Phi) is 5.60. The zero-order valence-corrected chi connectivity index (χ0v) is 15.2. The van der Waals surface area contributed by atoms with Crippen molar-refractivity contribution in [3.05, 3.63) is 66.6 Å². The first-order valence-electron chi connectivity index (χ1n) is 8.28. The van der Waals surface area contributed by atoms with Gasteiger partial charge < -0.3 is 9.88 Å². The van der Waals surface area contributed by atoms with Crippen molar-refractivity contribution >= 4 is 17.7 Å². The van der Waals surface area contributed by atoms with Crippen LogP contribution in [0.5, 0.6) is 0 Å². The molecule has 0 radical (unpaired) electrons. The van der Waals surface area contributed by atoms with Gasteiger partial charge in [0.1, 0.15) is 5.82 Å². The summed E-state index contributed by atoms with van der Waals surface area (Å²) in [6.07, 6.45) is 5.90. The highest BCUT2D eigenvalue weighted by molar-refractivity contribution is 7.99. The number of thioether (sulfide) groups is 1. The van der Waals surface area contributed by atoms with Crippen molar-refractivity contribution in [2.45, 2.75) is 25.6 Å². The van der Waals surface area contributed by atoms with E-state index in [1.807, 2.05) is 79.6 Å². The molecule has 3 aromatic rings. The highest BCUT2D eigenvalue weighted by Crippen LogP contribution is 2.23. The Morgan fingerprint density at radius 1 is 1.16 bits per heavy atom. The second-order valence-electron chi connectivity index (χ2n) is 6.05. The van der Waals surface area contributed by atoms with Crippen LogP contribution in [-0.4, -0.2) is 32.0 Å². The predicted molar refractivity (Wildman–Crippen MR) is 102 cm³/mol. The number of nitrogens with zero attached hydrogens (tertiary/aromatic N) is 3. The molecule has 0 aliphatic rings. The van der Waals surface area contributed by atoms with Gasteiger partial charge in [0, 0.05) is 29.8 Å². The molecule has 0 aliphatic heterocycles. The number of para-hydroxylation sites is 1. The summed E-state index contributed by atoms with van der Waals surface area (Å²) in [4.78, 5) is 11.8. The topological polar surface area (TPSA) is 51.9 Å². The molecule has 0 spiro atoms. The normalized spacial score (nSPS) is 11.0. The molecule has 1 aromatic carbocycles. The van der Waals surface area contributed by atoms with Crippen molar-refractivity contribution in [2.24, 2.45) is 0 Å². The van der Waals surface area contributed by atoms with Crippen molar-refractivity contribution in [1.29, 1.82) is 0 Å². The molecule has 25 heavy (non-hydrogen) atoms. The number of hydrogen-bond donors (Lipinski definition) is 1. The van der Waals surface area contributed by atoms with Gasteiger partial charge in [0.25, 0.3) is 0 Å². The van der Waals surface area contributed by atoms with Crippen molar-refractivity contribution < 1.29 is 4.79 Å². The fraction of sp³-hybridized carbons (Fsp3) is 0.263. The molecule has 0 aliphatic carbocycles. The minimum Gasteiger partial charge on any atom is -0.353 e. The molecule has 5 nitrogen and oxygen atoms in total. The summed E-state index contributed by atoms with van der Waals surface area (Å²) in [6.45, 7) is 3.94. The van der Waals surface area contributed by atoms with Gasteiger partial charge in [0.05, 0.1) is 17.6 Å². The number of carbonyl (C=O) groups is 1. The summed E-state index contributed by atoms with van der Waals surface area (Å²) < 4.78 is 3.99. The Bertz CT molecular complexity index is 809. The Morgan fingerprint density at radius 2 is 1.88 bits per heavy atom. The van der Waals surface area contributed by atoms with E-state index in [2.05, 4.69) is 15.0 Å². The quantitative estimate of drug-likeness (QED) is 0.707. The van der Waals surface area contributed by atoms with Crippen LogP contribution in [-0.2, 0) is 10.5 Å². The summed E-state index contributed by atoms with van der Waals surface area (Å²) in [6, 6.07) is 14.2. The summed E-state index contributed by atoms with van der Waals surface area (Å²) in [5.41, 5.74) is 2.11. The summed E-state index contributed by atoms with van der Waals surface area (Å²) in [5.74, 6) is 2.25. The van der Waals surface area contributed by atoms with E-state index in [9.17, 15) is 4.79 Å². The van der Waals surface area contributed by atoms with Crippen LogP contribution in [0.1, 0.15) is 19.4 Å². The molecule has 0 saturated heterocycles. The number of amides is 1. The average molecular weight is 354 g/mol. The zero-order chi connectivity index (χ0) is 17.6. The largest absolute Gasteiger partial charge is 0.353 e. The van der Waals surface area contributed by atoms with Crippen LogP contribution in [0.2, 0.25) is 0 Å². The first-order valence-corrected chi connectivity index (χ1v) is 9.43. The Balaban J connectivity index is 1.80. The molecular weight excluding hydrogens is 332 g/mol. The molecule has 1 N–H and O–H groups in total. The lowest BCUT2D eigenvalue weighted by Crippen LogP contribution is -2.31. The standard InChI is InChI=1S/C19H22N4OS/c1-15(2)21-18(24)14-25-13-16-12-20-23(17-8-4-3-5-9-17)19(16)22-10-6-7-11-22/h3-12,15H,13-14H2,1-2H3,(H,21,24). The van der Waals surface area contributed by atoms with Crippen LogP contribution in [0.3, 0.4) is 0 Å². The molecule has 2 aromatic heterocycles. The summed E-state index contributed by atoms with van der Waals surface area (Å²) in [7, 11) is 0. The first kappa shape index (κ1) is 17.4. The van der Waals surface area contributed by atoms with Crippen molar-refractivity contribution in [1.82, 2.24) is 19.7 Å². The van der Waals surface area contributed by atoms with Crippen LogP contribution < -0.4 is 5.32 Å². The Hall–Kier alpha value is -2.47. The van der Waals surface area contributed by atoms with E-state index in [0.29, 0.717) is 5.75 Å². The van der Waals surface area contributed by atoms with Gasteiger partial charge in [-0.1, -0.05) is 18.2 Å². The van der Waals surface area contributed by atoms with Gasteiger partial charge in [-0.2, -0.15) is 5.10 Å². The van der Waals surface area contributed by atoms with E-state index < -0.39 is 0 Å². The lowest BCUT2D eigenvalue weighted by atomic mass is 10.3. The van der Waals surface area contributed by atoms with Crippen molar-refractivity contribution in [3.8, 4) is 11.5 Å². The highest BCUT2D eigenvalue weighted by Gasteiger charge is 2.14. The minimum absolute atomic E-state index is 0.0676. The van der Waals surface area contributed by atoms with E-state index in [0.717, 1.165) is 22.8 Å². The second kappa shape index (κ2) is 8.07. The van der Waals surface area contributed by atoms with Gasteiger partial charge in [-0.05, 0) is 38.1 Å². The number of carbonyl (C=O) groups excluding carboxylic acids is 1. The number of benzene rings is 1. The maximum atomic E-state index is 11.8. The van der Waals surface area contributed by atoms with Gasteiger partial charge in [0.15, 0.2) is 0 Å². The maximum absolute atomic E-state index is 11.8. The highest BCUT2D eigenvalue weighted by atomic mass is 32.2. The maximum Gasteiger partial charge on any atom is 0.230 e. The molecular formula is C19H22N4OS. The molecule has 1 amide bonds. The van der Waals surface area contributed by atoms with E-state index in [-0.39, 0.29) is 11.9 Å². The number of hydrogen-bond acceptors (Lipinski definition) is 3. The molecule has 2 heterocycles. The third kappa shape index (κ3) is 4.33. The number of rotatable bonds is 7. The van der Waals surface area contributed by atoms with Crippen LogP contribution in [0.4, 0.5) is 0 Å². The molecule has 3 rings (SSSR count). The van der Waals surface area contributed by atoms with Gasteiger partial charge in [-0.3, -0.25) is 4.79 Å². The van der Waals surface area contributed by atoms with E-state index in [4.69, 9.17) is 0 Å². The third-order valence-corrected chi connectivity index (χ3v) is 4.59. The van der Waals surface area contributed by atoms with Crippen LogP contribution in [0.15, 0.2) is 61.1 Å². The molecule has 0 bridgehead atoms. The van der Waals surface area contributed by atoms with E-state index in [1.165, 1.54) is 0 Å². The fourth-order valence-electron chi connectivity index (χ4n) is 2.60. The molecule has 0 atom stereocenters. The zero-order valence-electron chi connectivity index (χ0n) is 14.4. The Morgan fingerprint density at radius 3 is 2.56 bits per heavy atom. The molecule has 0 unspecified atom stereocenters. The summed E-state index contributed by atoms with van der Waals surface area (Å²) >= 11 is 1.60. The molecule has 0 saturated carbocycles. The smallest absolute Gasteiger partial charge is 0.230 e. The van der Waals surface area contributed by atoms with Gasteiger partial charge in [-0.25, -0.2) is 4.68 Å². The monoisotopic (exact) mass is 354 g/mol. The average Bonchev–Trinajstić information content (AvgIpc) is 3.24. The lowest BCUT2D eigenvalue weighted by molar-refractivity contribution is -0.119. The van der Waals surface area contributed by atoms with Crippen LogP contribution in [0, 0.1) is 0 Å². The van der Waals surface area contributed by atoms with Gasteiger partial charge in [0.2, 0.25) is 5.91 Å². The van der Waals surface area contributed by atoms with Gasteiger partial charge in [-0.15, -0.1) is 11.8 Å². The van der Waals surface area contributed by atoms with Crippen LogP contribution >= 0.6 is 11.8 Å². The first-order chi connectivity index (χ1) is 12.1. The fourth-order valence-corrected chi connectivity index (χ4v) is 3.40. The Labute approximate surface area is 152 Å². The molecule has 130 valence electrons. The predicted octanol–water partition coefficient (Wildman–Crippen LogP) is 3.42. The van der Waals surface area contributed by atoms with E-state index >= 15 is 0 Å². The van der Waals surface area contributed by atoms with Gasteiger partial charge >= 0.3 is 0 Å². The van der Waals surface area contributed by atoms with Crippen LogP contribution in [0.25, 0.3) is 11.5 Å². The number of aromatic nitrogens is 3. The third-order valence-electron chi connectivity index (χ3n) is 3.61. The van der Waals surface area contributed by atoms with Crippen molar-refractivity contribution in [2.75, 3.05) is 5.75 Å². The lowest BCUT2D eigenvalue weighted by Gasteiger charge is -2.11. The summed E-state index contributed by atoms with van der Waals surface area (Å²) in [5, 5.41) is 7.49. The second-order valence-corrected chi connectivity index (χ2v) is 7.03. The number of nitrogens with one attached hydrogen (secondary N) is 1. The van der Waals surface area contributed by atoms with E-state index in [1.54, 1.807) is 11.8 Å². The van der Waals surface area contributed by atoms with Crippen molar-refractivity contribution in [3.63, 3.8) is 0 Å². The molecule has 6 heteroatoms. The minimum atomic E-state index is 0.0676.